The number of carbonyl (C=O) groups is 1. The molecule has 230 valence electrons. The number of amides is 1. The van der Waals surface area contributed by atoms with Crippen molar-refractivity contribution in [3.8, 4) is 21.9 Å². The van der Waals surface area contributed by atoms with Crippen LogP contribution < -0.4 is 11.1 Å². The number of rotatable bonds is 6. The van der Waals surface area contributed by atoms with Gasteiger partial charge in [-0.2, -0.15) is 13.2 Å². The monoisotopic (exact) mass is 622 g/mol. The lowest BCUT2D eigenvalue weighted by atomic mass is 10.0. The van der Waals surface area contributed by atoms with E-state index in [1.807, 2.05) is 35.0 Å². The van der Waals surface area contributed by atoms with Crippen molar-refractivity contribution in [2.75, 3.05) is 25.5 Å². The first kappa shape index (κ1) is 31.0. The number of piperidine rings is 1. The summed E-state index contributed by atoms with van der Waals surface area (Å²) in [6.07, 6.45) is 1.94. The molecular weight excluding hydrogens is 589 g/mol. The molecule has 1 saturated heterocycles. The second-order valence-electron chi connectivity index (χ2n) is 10.6. The zero-order valence-corrected chi connectivity index (χ0v) is 25.1. The summed E-state index contributed by atoms with van der Waals surface area (Å²) in [5.41, 5.74) is 8.97. The summed E-state index contributed by atoms with van der Waals surface area (Å²) >= 11 is 1.14. The van der Waals surface area contributed by atoms with Crippen LogP contribution in [-0.4, -0.2) is 56.6 Å². The molecule has 0 spiro atoms. The summed E-state index contributed by atoms with van der Waals surface area (Å²) in [6, 6.07) is 17.7. The maximum atomic E-state index is 12.2. The van der Waals surface area contributed by atoms with Crippen LogP contribution in [0.4, 0.5) is 19.0 Å². The number of primary amides is 1. The average molecular weight is 623 g/mol. The van der Waals surface area contributed by atoms with Crippen LogP contribution in [0, 0.1) is 0 Å². The van der Waals surface area contributed by atoms with Crippen LogP contribution in [0.15, 0.2) is 73.2 Å². The molecule has 12 heteroatoms. The molecule has 4 heterocycles. The molecule has 2 aromatic carbocycles. The molecule has 4 N–H and O–H groups in total. The number of hydrogen-bond donors (Lipinski definition) is 3. The van der Waals surface area contributed by atoms with Gasteiger partial charge < -0.3 is 21.1 Å². The third-order valence-corrected chi connectivity index (χ3v) is 8.71. The van der Waals surface area contributed by atoms with E-state index in [2.05, 4.69) is 33.3 Å². The number of nitrogens with zero attached hydrogens (tertiary/aromatic N) is 4. The highest BCUT2D eigenvalue weighted by Crippen LogP contribution is 2.34. The van der Waals surface area contributed by atoms with Gasteiger partial charge in [0.15, 0.2) is 0 Å². The Morgan fingerprint density at radius 1 is 1.07 bits per heavy atom. The molecule has 0 unspecified atom stereocenters. The third-order valence-electron chi connectivity index (χ3n) is 7.58. The predicted molar refractivity (Wildman–Crippen MR) is 167 cm³/mol. The van der Waals surface area contributed by atoms with Crippen molar-refractivity contribution in [3.63, 3.8) is 0 Å². The smallest absolute Gasteiger partial charge is 0.416 e. The summed E-state index contributed by atoms with van der Waals surface area (Å²) in [7, 11) is 2.16. The minimum Gasteiger partial charge on any atom is -0.506 e. The molecule has 1 amide bonds. The Kier molecular flexibility index (Phi) is 9.21. The number of hydrogen-bond acceptors (Lipinski definition) is 7. The van der Waals surface area contributed by atoms with E-state index < -0.39 is 17.6 Å². The second kappa shape index (κ2) is 13.1. The number of likely N-dealkylation sites (tertiary alicyclic amines) is 1. The summed E-state index contributed by atoms with van der Waals surface area (Å²) in [5, 5.41) is 14.2. The number of anilines is 1. The highest BCUT2D eigenvalue weighted by Gasteiger charge is 2.32. The van der Waals surface area contributed by atoms with Crippen molar-refractivity contribution in [3.05, 3.63) is 89.2 Å². The number of nitrogens with two attached hydrogens (primary N) is 1. The minimum absolute atomic E-state index is 0.114. The molecule has 3 aromatic heterocycles. The third kappa shape index (κ3) is 7.03. The van der Waals surface area contributed by atoms with E-state index in [9.17, 15) is 23.1 Å². The van der Waals surface area contributed by atoms with Gasteiger partial charge in [0.2, 0.25) is 0 Å². The van der Waals surface area contributed by atoms with Gasteiger partial charge in [0.05, 0.1) is 16.6 Å². The number of benzene rings is 2. The number of aryl methyl sites for hydroxylation is 1. The summed E-state index contributed by atoms with van der Waals surface area (Å²) in [5.74, 6) is 0.126. The number of halogens is 3. The van der Waals surface area contributed by atoms with Crippen LogP contribution >= 0.6 is 11.3 Å². The summed E-state index contributed by atoms with van der Waals surface area (Å²) < 4.78 is 38.5. The molecule has 1 fully saturated rings. The highest BCUT2D eigenvalue weighted by atomic mass is 32.1. The van der Waals surface area contributed by atoms with Crippen molar-refractivity contribution < 1.29 is 23.1 Å². The molecule has 0 radical (unpaired) electrons. The van der Waals surface area contributed by atoms with Gasteiger partial charge in [0.25, 0.3) is 5.91 Å². The number of imidazole rings is 1. The Hall–Kier alpha value is -4.42. The predicted octanol–water partition coefficient (Wildman–Crippen LogP) is 6.73. The molecule has 0 bridgehead atoms. The first-order chi connectivity index (χ1) is 21.0. The summed E-state index contributed by atoms with van der Waals surface area (Å²) in [4.78, 5) is 23.0. The summed E-state index contributed by atoms with van der Waals surface area (Å²) in [6.45, 7) is 3.91. The van der Waals surface area contributed by atoms with Gasteiger partial charge in [0.1, 0.15) is 27.8 Å². The Morgan fingerprint density at radius 3 is 2.45 bits per heavy atom. The van der Waals surface area contributed by atoms with Crippen LogP contribution in [-0.2, 0) is 12.6 Å². The maximum Gasteiger partial charge on any atom is 0.416 e. The lowest BCUT2D eigenvalue weighted by molar-refractivity contribution is -0.138. The zero-order valence-electron chi connectivity index (χ0n) is 24.3. The topological polar surface area (TPSA) is 109 Å². The number of aromatic hydroxyl groups is 1. The largest absolute Gasteiger partial charge is 0.506 e. The number of aromatic nitrogens is 3. The fourth-order valence-corrected chi connectivity index (χ4v) is 6.08. The number of nitrogens with one attached hydrogen (secondary N) is 1. The van der Waals surface area contributed by atoms with Gasteiger partial charge in [-0.1, -0.05) is 31.2 Å². The lowest BCUT2D eigenvalue weighted by Gasteiger charge is -2.29. The number of alkyl halides is 3. The first-order valence-corrected chi connectivity index (χ1v) is 15.0. The van der Waals surface area contributed by atoms with Gasteiger partial charge >= 0.3 is 6.18 Å². The average Bonchev–Trinajstić information content (AvgIpc) is 3.61. The Labute approximate surface area is 257 Å². The van der Waals surface area contributed by atoms with E-state index in [4.69, 9.17) is 5.73 Å². The van der Waals surface area contributed by atoms with Gasteiger partial charge in [-0.15, -0.1) is 11.3 Å². The standard InChI is InChI=1S/C23H24N6O2S.C9H9F3/c1-28-8-5-16(6-9-28)27-20-11-15(4-7-25-20)14-2-3-18-17(10-14)26-13-29(18)21-12-19(30)22(32-21)23(24)31;1-2-7-5-3-4-6-8(7)9(10,11)12/h2-4,7,10-13,16,30H,5-6,8-9H2,1H3,(H2,24,31)(H,25,27);3-6H,2H2,1H3. The SMILES string of the molecule is CCc1ccccc1C(F)(F)F.CN1CCC(Nc2cc(-c3ccc4c(c3)ncn4-c3cc(O)c(C(N)=O)s3)ccn2)CC1. The van der Waals surface area contributed by atoms with Crippen molar-refractivity contribution in [2.45, 2.75) is 38.4 Å². The van der Waals surface area contributed by atoms with E-state index in [1.165, 1.54) is 18.2 Å². The van der Waals surface area contributed by atoms with Crippen molar-refractivity contribution in [1.29, 1.82) is 0 Å². The van der Waals surface area contributed by atoms with Crippen LogP contribution in [0.25, 0.3) is 27.2 Å². The highest BCUT2D eigenvalue weighted by molar-refractivity contribution is 7.16. The van der Waals surface area contributed by atoms with E-state index in [0.29, 0.717) is 23.0 Å². The van der Waals surface area contributed by atoms with Gasteiger partial charge in [-0.05, 0) is 86.4 Å². The number of carbonyl (C=O) groups excluding carboxylic acids is 1. The second-order valence-corrected chi connectivity index (χ2v) is 11.7. The van der Waals surface area contributed by atoms with Crippen LogP contribution in [0.5, 0.6) is 5.75 Å². The molecule has 1 aliphatic heterocycles. The van der Waals surface area contributed by atoms with Crippen LogP contribution in [0.2, 0.25) is 0 Å². The number of pyridine rings is 1. The number of fused-ring (bicyclic) bond motifs is 1. The van der Waals surface area contributed by atoms with Crippen LogP contribution in [0.1, 0.15) is 40.6 Å². The fraction of sp³-hybridized carbons (Fsp3) is 0.281. The van der Waals surface area contributed by atoms with Crippen molar-refractivity contribution in [1.82, 2.24) is 19.4 Å². The molecule has 6 rings (SSSR count). The van der Waals surface area contributed by atoms with E-state index in [0.717, 1.165) is 71.3 Å². The van der Waals surface area contributed by atoms with Crippen molar-refractivity contribution in [2.24, 2.45) is 5.73 Å². The molecule has 0 atom stereocenters. The zero-order chi connectivity index (χ0) is 31.4. The van der Waals surface area contributed by atoms with Gasteiger partial charge in [-0.25, -0.2) is 9.97 Å². The molecule has 0 aliphatic carbocycles. The normalized spacial score (nSPS) is 14.3. The Bertz CT molecular complexity index is 1760. The first-order valence-electron chi connectivity index (χ1n) is 14.2. The van der Waals surface area contributed by atoms with Gasteiger partial charge in [0, 0.05) is 18.3 Å². The molecule has 8 nitrogen and oxygen atoms in total. The molecular formula is C32H33F3N6O2S. The number of thiophene rings is 1. The van der Waals surface area contributed by atoms with E-state index in [1.54, 1.807) is 19.3 Å². The Morgan fingerprint density at radius 2 is 1.80 bits per heavy atom. The molecule has 5 aromatic rings. The molecule has 1 aliphatic rings. The minimum atomic E-state index is -4.22. The molecule has 44 heavy (non-hydrogen) atoms. The van der Waals surface area contributed by atoms with E-state index in [-0.39, 0.29) is 10.6 Å². The van der Waals surface area contributed by atoms with E-state index >= 15 is 0 Å². The van der Waals surface area contributed by atoms with Gasteiger partial charge in [-0.3, -0.25) is 9.36 Å². The van der Waals surface area contributed by atoms with Crippen molar-refractivity contribution >= 4 is 34.1 Å². The molecule has 0 saturated carbocycles. The quantitative estimate of drug-likeness (QED) is 0.194. The maximum absolute atomic E-state index is 12.2. The Balaban J connectivity index is 0.000000270. The van der Waals surface area contributed by atoms with Crippen LogP contribution in [0.3, 0.4) is 0 Å². The fourth-order valence-electron chi connectivity index (χ4n) is 5.19. The lowest BCUT2D eigenvalue weighted by Crippen LogP contribution is -2.36.